The van der Waals surface area contributed by atoms with Crippen molar-refractivity contribution >= 4 is 0 Å². The summed E-state index contributed by atoms with van der Waals surface area (Å²) >= 11 is 0. The van der Waals surface area contributed by atoms with Crippen molar-refractivity contribution in [3.05, 3.63) is 29.8 Å². The van der Waals surface area contributed by atoms with E-state index in [0.717, 1.165) is 12.2 Å². The van der Waals surface area contributed by atoms with E-state index in [1.807, 2.05) is 13.8 Å². The number of hydrogen-bond acceptors (Lipinski definition) is 2. The molecule has 2 heteroatoms. The zero-order valence-electron chi connectivity index (χ0n) is 10.9. The Hall–Kier alpha value is -1.02. The molecule has 2 N–H and O–H groups in total. The molecule has 0 radical (unpaired) electrons. The maximum absolute atomic E-state index is 6.10. The minimum Gasteiger partial charge on any atom is -0.491 e. The van der Waals surface area contributed by atoms with Crippen LogP contribution in [0.3, 0.4) is 0 Å². The molecule has 1 saturated carbocycles. The highest BCUT2D eigenvalue weighted by atomic mass is 16.5. The summed E-state index contributed by atoms with van der Waals surface area (Å²) in [5, 5.41) is 0. The minimum absolute atomic E-state index is 0.240. The summed E-state index contributed by atoms with van der Waals surface area (Å²) in [6.45, 7) is 4.09. The van der Waals surface area contributed by atoms with Gasteiger partial charge < -0.3 is 10.5 Å². The first-order chi connectivity index (χ1) is 8.15. The zero-order valence-corrected chi connectivity index (χ0v) is 10.9. The highest BCUT2D eigenvalue weighted by molar-refractivity contribution is 5.27. The predicted octanol–water partition coefficient (Wildman–Crippen LogP) is 3.14. The van der Waals surface area contributed by atoms with Crippen molar-refractivity contribution in [3.63, 3.8) is 0 Å². The summed E-state index contributed by atoms with van der Waals surface area (Å²) in [5.41, 5.74) is 7.48. The van der Waals surface area contributed by atoms with E-state index in [2.05, 4.69) is 24.3 Å². The van der Waals surface area contributed by atoms with E-state index in [0.29, 0.717) is 12.0 Å². The fourth-order valence-corrected chi connectivity index (χ4v) is 2.60. The van der Waals surface area contributed by atoms with Crippen LogP contribution < -0.4 is 10.5 Å². The second-order valence-electron chi connectivity index (χ2n) is 5.37. The third kappa shape index (κ3) is 3.47. The Labute approximate surface area is 104 Å². The molecule has 1 fully saturated rings. The quantitative estimate of drug-likeness (QED) is 0.867. The molecule has 2 atom stereocenters. The van der Waals surface area contributed by atoms with Gasteiger partial charge in [0.1, 0.15) is 5.75 Å². The van der Waals surface area contributed by atoms with E-state index in [-0.39, 0.29) is 6.10 Å². The SMILES string of the molecule is CC(C)Oc1ccc(CC2CCCC2N)cc1. The molecule has 0 aromatic heterocycles. The average Bonchev–Trinajstić information content (AvgIpc) is 2.67. The predicted molar refractivity (Wildman–Crippen MR) is 71.2 cm³/mol. The third-order valence-corrected chi connectivity index (χ3v) is 3.51. The molecule has 1 aromatic carbocycles. The number of nitrogens with two attached hydrogens (primary N) is 1. The Morgan fingerprint density at radius 2 is 1.94 bits per heavy atom. The van der Waals surface area contributed by atoms with Crippen LogP contribution in [-0.2, 0) is 6.42 Å². The van der Waals surface area contributed by atoms with Crippen molar-refractivity contribution in [2.75, 3.05) is 0 Å². The molecule has 0 saturated heterocycles. The van der Waals surface area contributed by atoms with Gasteiger partial charge in [0.15, 0.2) is 0 Å². The maximum atomic E-state index is 6.10. The summed E-state index contributed by atoms with van der Waals surface area (Å²) in [6, 6.07) is 8.87. The molecule has 1 aliphatic rings. The van der Waals surface area contributed by atoms with E-state index in [4.69, 9.17) is 10.5 Å². The summed E-state index contributed by atoms with van der Waals surface area (Å²) in [6.07, 6.45) is 5.12. The van der Waals surface area contributed by atoms with Crippen molar-refractivity contribution < 1.29 is 4.74 Å². The Bertz CT molecular complexity index is 344. The Balaban J connectivity index is 1.93. The fraction of sp³-hybridized carbons (Fsp3) is 0.600. The van der Waals surface area contributed by atoms with Crippen molar-refractivity contribution in [2.24, 2.45) is 11.7 Å². The van der Waals surface area contributed by atoms with Crippen molar-refractivity contribution in [2.45, 2.75) is 51.7 Å². The summed E-state index contributed by atoms with van der Waals surface area (Å²) in [5.74, 6) is 1.63. The fourth-order valence-electron chi connectivity index (χ4n) is 2.60. The third-order valence-electron chi connectivity index (χ3n) is 3.51. The van der Waals surface area contributed by atoms with Crippen LogP contribution in [0.25, 0.3) is 0 Å². The van der Waals surface area contributed by atoms with Gasteiger partial charge in [0.2, 0.25) is 0 Å². The molecule has 2 unspecified atom stereocenters. The standard InChI is InChI=1S/C15H23NO/c1-11(2)17-14-8-6-12(7-9-14)10-13-4-3-5-15(13)16/h6-9,11,13,15H,3-5,10,16H2,1-2H3. The van der Waals surface area contributed by atoms with Crippen LogP contribution in [0.4, 0.5) is 0 Å². The molecule has 1 aliphatic carbocycles. The van der Waals surface area contributed by atoms with Crippen LogP contribution in [0.1, 0.15) is 38.7 Å². The number of benzene rings is 1. The van der Waals surface area contributed by atoms with Gasteiger partial charge in [-0.1, -0.05) is 18.6 Å². The first kappa shape index (κ1) is 12.4. The van der Waals surface area contributed by atoms with Crippen LogP contribution in [0.15, 0.2) is 24.3 Å². The topological polar surface area (TPSA) is 35.2 Å². The largest absolute Gasteiger partial charge is 0.491 e. The molecule has 0 spiro atoms. The smallest absolute Gasteiger partial charge is 0.119 e. The lowest BCUT2D eigenvalue weighted by Gasteiger charge is -2.15. The van der Waals surface area contributed by atoms with Gasteiger partial charge >= 0.3 is 0 Å². The molecule has 2 nitrogen and oxygen atoms in total. The maximum Gasteiger partial charge on any atom is 0.119 e. The number of ether oxygens (including phenoxy) is 1. The van der Waals surface area contributed by atoms with Gasteiger partial charge in [-0.25, -0.2) is 0 Å². The Morgan fingerprint density at radius 1 is 1.24 bits per heavy atom. The first-order valence-corrected chi connectivity index (χ1v) is 6.66. The van der Waals surface area contributed by atoms with Gasteiger partial charge in [0, 0.05) is 6.04 Å². The number of rotatable bonds is 4. The molecule has 0 heterocycles. The lowest BCUT2D eigenvalue weighted by Crippen LogP contribution is -2.25. The molecular weight excluding hydrogens is 210 g/mol. The first-order valence-electron chi connectivity index (χ1n) is 6.66. The second kappa shape index (κ2) is 5.54. The van der Waals surface area contributed by atoms with E-state index in [1.165, 1.54) is 24.8 Å². The Kier molecular flexibility index (Phi) is 4.06. The molecule has 1 aromatic rings. The summed E-state index contributed by atoms with van der Waals surface area (Å²) < 4.78 is 5.64. The van der Waals surface area contributed by atoms with Crippen LogP contribution in [0.2, 0.25) is 0 Å². The summed E-state index contributed by atoms with van der Waals surface area (Å²) in [4.78, 5) is 0. The lowest BCUT2D eigenvalue weighted by atomic mass is 9.95. The monoisotopic (exact) mass is 233 g/mol. The van der Waals surface area contributed by atoms with Crippen molar-refractivity contribution in [1.82, 2.24) is 0 Å². The number of hydrogen-bond donors (Lipinski definition) is 1. The van der Waals surface area contributed by atoms with Crippen LogP contribution in [-0.4, -0.2) is 12.1 Å². The van der Waals surface area contributed by atoms with E-state index < -0.39 is 0 Å². The molecule has 0 aliphatic heterocycles. The molecule has 0 amide bonds. The molecule has 94 valence electrons. The van der Waals surface area contributed by atoms with Gasteiger partial charge in [-0.05, 0) is 56.7 Å². The second-order valence-corrected chi connectivity index (χ2v) is 5.37. The highest BCUT2D eigenvalue weighted by Gasteiger charge is 2.23. The van der Waals surface area contributed by atoms with Gasteiger partial charge in [0.05, 0.1) is 6.10 Å². The van der Waals surface area contributed by atoms with E-state index in [1.54, 1.807) is 0 Å². The molecule has 2 rings (SSSR count). The minimum atomic E-state index is 0.240. The normalized spacial score (nSPS) is 24.2. The molecule has 17 heavy (non-hydrogen) atoms. The van der Waals surface area contributed by atoms with E-state index in [9.17, 15) is 0 Å². The van der Waals surface area contributed by atoms with Gasteiger partial charge in [-0.15, -0.1) is 0 Å². The summed E-state index contributed by atoms with van der Waals surface area (Å²) in [7, 11) is 0. The molecule has 0 bridgehead atoms. The van der Waals surface area contributed by atoms with Crippen molar-refractivity contribution in [3.8, 4) is 5.75 Å². The van der Waals surface area contributed by atoms with Gasteiger partial charge in [-0.3, -0.25) is 0 Å². The van der Waals surface area contributed by atoms with Gasteiger partial charge in [-0.2, -0.15) is 0 Å². The van der Waals surface area contributed by atoms with Gasteiger partial charge in [0.25, 0.3) is 0 Å². The molecular formula is C15H23NO. The van der Waals surface area contributed by atoms with Crippen molar-refractivity contribution in [1.29, 1.82) is 0 Å². The lowest BCUT2D eigenvalue weighted by molar-refractivity contribution is 0.242. The zero-order chi connectivity index (χ0) is 12.3. The van der Waals surface area contributed by atoms with E-state index >= 15 is 0 Å². The Morgan fingerprint density at radius 3 is 2.47 bits per heavy atom. The van der Waals surface area contributed by atoms with Crippen LogP contribution in [0, 0.1) is 5.92 Å². The van der Waals surface area contributed by atoms with Crippen LogP contribution in [0.5, 0.6) is 5.75 Å². The highest BCUT2D eigenvalue weighted by Crippen LogP contribution is 2.27. The average molecular weight is 233 g/mol. The van der Waals surface area contributed by atoms with Crippen LogP contribution >= 0.6 is 0 Å².